The van der Waals surface area contributed by atoms with Crippen LogP contribution >= 0.6 is 22.9 Å². The lowest BCUT2D eigenvalue weighted by atomic mass is 10.1. The fourth-order valence-electron chi connectivity index (χ4n) is 2.88. The molecule has 0 bridgehead atoms. The summed E-state index contributed by atoms with van der Waals surface area (Å²) in [5.74, 6) is -0.0292. The van der Waals surface area contributed by atoms with Crippen LogP contribution in [0, 0.1) is 0 Å². The van der Waals surface area contributed by atoms with Crippen molar-refractivity contribution < 1.29 is 4.79 Å². The van der Waals surface area contributed by atoms with Gasteiger partial charge in [0.15, 0.2) is 0 Å². The predicted molar refractivity (Wildman–Crippen MR) is 70.0 cm³/mol. The maximum Gasteiger partial charge on any atom is 0.285 e. The highest BCUT2D eigenvalue weighted by Crippen LogP contribution is 2.26. The summed E-state index contributed by atoms with van der Waals surface area (Å²) in [4.78, 5) is 16.8. The van der Waals surface area contributed by atoms with E-state index in [4.69, 9.17) is 11.6 Å². The molecule has 2 fully saturated rings. The van der Waals surface area contributed by atoms with Gasteiger partial charge in [-0.1, -0.05) is 11.3 Å². The zero-order chi connectivity index (χ0) is 12.7. The molecule has 1 aromatic rings. The van der Waals surface area contributed by atoms with E-state index in [1.54, 1.807) is 0 Å². The Hall–Kier alpha value is -0.720. The molecule has 5 nitrogen and oxygen atoms in total. The molecule has 0 radical (unpaired) electrons. The van der Waals surface area contributed by atoms with Gasteiger partial charge in [0.25, 0.3) is 5.91 Å². The van der Waals surface area contributed by atoms with Gasteiger partial charge in [0, 0.05) is 25.2 Å². The minimum Gasteiger partial charge on any atom is -0.331 e. The SMILES string of the molecule is CC1CN2CCCC2CN1C(=O)c1nnc(Cl)s1. The van der Waals surface area contributed by atoms with Gasteiger partial charge in [-0.25, -0.2) is 0 Å². The molecule has 0 saturated carbocycles. The van der Waals surface area contributed by atoms with Crippen LogP contribution in [-0.2, 0) is 0 Å². The number of aromatic nitrogens is 2. The molecule has 3 rings (SSSR count). The van der Waals surface area contributed by atoms with Crippen LogP contribution in [0.4, 0.5) is 0 Å². The van der Waals surface area contributed by atoms with E-state index in [1.165, 1.54) is 19.4 Å². The van der Waals surface area contributed by atoms with E-state index in [0.717, 1.165) is 24.4 Å². The maximum absolute atomic E-state index is 12.4. The number of carbonyl (C=O) groups excluding carboxylic acids is 1. The van der Waals surface area contributed by atoms with Crippen molar-refractivity contribution in [3.63, 3.8) is 0 Å². The minimum absolute atomic E-state index is 0.0292. The number of nitrogens with zero attached hydrogens (tertiary/aromatic N) is 4. The van der Waals surface area contributed by atoms with E-state index in [-0.39, 0.29) is 11.9 Å². The number of piperazine rings is 1. The van der Waals surface area contributed by atoms with Crippen LogP contribution in [0.2, 0.25) is 4.47 Å². The highest BCUT2D eigenvalue weighted by molar-refractivity contribution is 7.17. The first-order valence-electron chi connectivity index (χ1n) is 6.19. The number of hydrogen-bond acceptors (Lipinski definition) is 5. The summed E-state index contributed by atoms with van der Waals surface area (Å²) in [7, 11) is 0. The Bertz CT molecular complexity index is 466. The third kappa shape index (κ3) is 2.13. The van der Waals surface area contributed by atoms with Crippen molar-refractivity contribution in [3.8, 4) is 0 Å². The molecule has 0 aliphatic carbocycles. The molecule has 98 valence electrons. The normalized spacial score (nSPS) is 28.4. The van der Waals surface area contributed by atoms with Crippen LogP contribution in [0.1, 0.15) is 29.6 Å². The lowest BCUT2D eigenvalue weighted by Gasteiger charge is -2.41. The zero-order valence-corrected chi connectivity index (χ0v) is 11.7. The molecule has 0 spiro atoms. The van der Waals surface area contributed by atoms with Gasteiger partial charge in [0.1, 0.15) is 0 Å². The van der Waals surface area contributed by atoms with E-state index >= 15 is 0 Å². The third-order valence-electron chi connectivity index (χ3n) is 3.78. The molecule has 18 heavy (non-hydrogen) atoms. The molecular weight excluding hydrogens is 272 g/mol. The van der Waals surface area contributed by atoms with Gasteiger partial charge in [-0.3, -0.25) is 9.69 Å². The number of carbonyl (C=O) groups is 1. The van der Waals surface area contributed by atoms with E-state index in [0.29, 0.717) is 15.5 Å². The standard InChI is InChI=1S/C11H15ClN4OS/c1-7-5-15-4-2-3-8(15)6-16(7)10(17)9-13-14-11(12)18-9/h7-8H,2-6H2,1H3. The van der Waals surface area contributed by atoms with Crippen molar-refractivity contribution >= 4 is 28.8 Å². The van der Waals surface area contributed by atoms with E-state index in [2.05, 4.69) is 22.0 Å². The van der Waals surface area contributed by atoms with Crippen LogP contribution in [0.25, 0.3) is 0 Å². The summed E-state index contributed by atoms with van der Waals surface area (Å²) in [6.45, 7) is 5.02. The van der Waals surface area contributed by atoms with Crippen molar-refractivity contribution in [1.29, 1.82) is 0 Å². The van der Waals surface area contributed by atoms with Gasteiger partial charge in [0.2, 0.25) is 9.47 Å². The van der Waals surface area contributed by atoms with Gasteiger partial charge in [0.05, 0.1) is 0 Å². The number of halogens is 1. The Morgan fingerprint density at radius 1 is 1.44 bits per heavy atom. The summed E-state index contributed by atoms with van der Waals surface area (Å²) in [6, 6.07) is 0.753. The Labute approximate surface area is 115 Å². The van der Waals surface area contributed by atoms with Crippen molar-refractivity contribution in [2.75, 3.05) is 19.6 Å². The summed E-state index contributed by atoms with van der Waals surface area (Å²) < 4.78 is 0.325. The summed E-state index contributed by atoms with van der Waals surface area (Å²) in [5, 5.41) is 7.94. The number of amides is 1. The topological polar surface area (TPSA) is 49.3 Å². The Morgan fingerprint density at radius 2 is 2.28 bits per heavy atom. The highest BCUT2D eigenvalue weighted by Gasteiger charge is 2.37. The Balaban J connectivity index is 1.77. The smallest absolute Gasteiger partial charge is 0.285 e. The zero-order valence-electron chi connectivity index (χ0n) is 10.2. The molecule has 1 aromatic heterocycles. The quantitative estimate of drug-likeness (QED) is 0.785. The average Bonchev–Trinajstić information content (AvgIpc) is 2.95. The number of hydrogen-bond donors (Lipinski definition) is 0. The van der Waals surface area contributed by atoms with Crippen LogP contribution in [0.3, 0.4) is 0 Å². The monoisotopic (exact) mass is 286 g/mol. The van der Waals surface area contributed by atoms with Crippen LogP contribution in [0.15, 0.2) is 0 Å². The first-order chi connectivity index (χ1) is 8.65. The molecule has 2 aliphatic rings. The molecule has 3 heterocycles. The number of fused-ring (bicyclic) bond motifs is 1. The van der Waals surface area contributed by atoms with Gasteiger partial charge >= 0.3 is 0 Å². The molecule has 2 saturated heterocycles. The lowest BCUT2D eigenvalue weighted by molar-refractivity contribution is 0.0394. The first kappa shape index (κ1) is 12.3. The van der Waals surface area contributed by atoms with Gasteiger partial charge in [-0.2, -0.15) is 0 Å². The molecule has 7 heteroatoms. The fourth-order valence-corrected chi connectivity index (χ4v) is 3.67. The summed E-state index contributed by atoms with van der Waals surface area (Å²) in [6.07, 6.45) is 2.43. The van der Waals surface area contributed by atoms with Crippen molar-refractivity contribution in [1.82, 2.24) is 20.0 Å². The second-order valence-corrected chi connectivity index (χ2v) is 6.52. The maximum atomic E-state index is 12.4. The summed E-state index contributed by atoms with van der Waals surface area (Å²) >= 11 is 6.89. The lowest BCUT2D eigenvalue weighted by Crippen LogP contribution is -2.56. The molecule has 0 aromatic carbocycles. The van der Waals surface area contributed by atoms with Crippen LogP contribution in [-0.4, -0.2) is 57.6 Å². The fraction of sp³-hybridized carbons (Fsp3) is 0.727. The van der Waals surface area contributed by atoms with E-state index < -0.39 is 0 Å². The molecule has 2 aliphatic heterocycles. The third-order valence-corrected chi connectivity index (χ3v) is 4.79. The molecule has 2 atom stereocenters. The average molecular weight is 287 g/mol. The molecule has 1 amide bonds. The molecular formula is C11H15ClN4OS. The van der Waals surface area contributed by atoms with Crippen molar-refractivity contribution in [3.05, 3.63) is 9.47 Å². The Kier molecular flexibility index (Phi) is 3.25. The largest absolute Gasteiger partial charge is 0.331 e. The number of rotatable bonds is 1. The van der Waals surface area contributed by atoms with Gasteiger partial charge in [-0.15, -0.1) is 10.2 Å². The van der Waals surface area contributed by atoms with Crippen LogP contribution in [0.5, 0.6) is 0 Å². The van der Waals surface area contributed by atoms with Crippen LogP contribution < -0.4 is 0 Å². The second kappa shape index (κ2) is 4.75. The minimum atomic E-state index is -0.0292. The van der Waals surface area contributed by atoms with Crippen molar-refractivity contribution in [2.45, 2.75) is 31.8 Å². The molecule has 0 N–H and O–H groups in total. The van der Waals surface area contributed by atoms with E-state index in [1.807, 2.05) is 4.90 Å². The van der Waals surface area contributed by atoms with Crippen molar-refractivity contribution in [2.24, 2.45) is 0 Å². The molecule has 2 unspecified atom stereocenters. The highest BCUT2D eigenvalue weighted by atomic mass is 35.5. The Morgan fingerprint density at radius 3 is 3.00 bits per heavy atom. The van der Waals surface area contributed by atoms with Gasteiger partial charge in [-0.05, 0) is 37.9 Å². The predicted octanol–water partition coefficient (Wildman–Crippen LogP) is 1.50. The first-order valence-corrected chi connectivity index (χ1v) is 7.38. The van der Waals surface area contributed by atoms with Gasteiger partial charge < -0.3 is 4.90 Å². The van der Waals surface area contributed by atoms with E-state index in [9.17, 15) is 4.79 Å². The second-order valence-electron chi connectivity index (χ2n) is 4.96. The summed E-state index contributed by atoms with van der Waals surface area (Å²) in [5.41, 5.74) is 0.